The van der Waals surface area contributed by atoms with Crippen LogP contribution in [0.3, 0.4) is 0 Å². The predicted molar refractivity (Wildman–Crippen MR) is 113 cm³/mol. The molecule has 0 aliphatic rings. The lowest BCUT2D eigenvalue weighted by Crippen LogP contribution is -2.27. The Morgan fingerprint density at radius 1 is 1.16 bits per heavy atom. The summed E-state index contributed by atoms with van der Waals surface area (Å²) in [6, 6.07) is 8.57. The summed E-state index contributed by atoms with van der Waals surface area (Å²) in [4.78, 5) is 12.4. The standard InChI is InChI=1S/C21H25F3N2O5S/c1-13(2)12-31-18-9-16(21(22,23)24)6-3-15(18)11-26-20(27)10-19(32(28,29)30)14-4-7-17(25)8-5-14/h3-9,13,19H,10-12,25H2,1-2H3,(H,26,27)(H,28,29,30). The van der Waals surface area contributed by atoms with Gasteiger partial charge in [-0.1, -0.05) is 32.0 Å². The predicted octanol–water partition coefficient (Wildman–Crippen LogP) is 3.96. The number of hydrogen-bond donors (Lipinski definition) is 3. The zero-order chi connectivity index (χ0) is 24.1. The minimum Gasteiger partial charge on any atom is -0.493 e. The van der Waals surface area contributed by atoms with Gasteiger partial charge in [0.15, 0.2) is 0 Å². The molecule has 0 aliphatic carbocycles. The third-order valence-corrected chi connectivity index (χ3v) is 5.64. The van der Waals surface area contributed by atoms with Crippen LogP contribution in [-0.4, -0.2) is 25.5 Å². The molecular weight excluding hydrogens is 449 g/mol. The van der Waals surface area contributed by atoms with E-state index in [2.05, 4.69) is 5.32 Å². The normalized spacial score (nSPS) is 13.1. The maximum Gasteiger partial charge on any atom is 0.416 e. The zero-order valence-electron chi connectivity index (χ0n) is 17.5. The zero-order valence-corrected chi connectivity index (χ0v) is 18.3. The summed E-state index contributed by atoms with van der Waals surface area (Å²) < 4.78 is 77.7. The maximum atomic E-state index is 13.0. The Morgan fingerprint density at radius 2 is 1.78 bits per heavy atom. The van der Waals surface area contributed by atoms with Crippen molar-refractivity contribution in [3.05, 3.63) is 59.2 Å². The third-order valence-electron chi connectivity index (χ3n) is 4.48. The van der Waals surface area contributed by atoms with Crippen molar-refractivity contribution in [2.45, 2.75) is 38.2 Å². The Labute approximate surface area is 184 Å². The van der Waals surface area contributed by atoms with Crippen LogP contribution in [-0.2, 0) is 27.6 Å². The summed E-state index contributed by atoms with van der Waals surface area (Å²) >= 11 is 0. The molecule has 0 saturated heterocycles. The van der Waals surface area contributed by atoms with Gasteiger partial charge in [-0.15, -0.1) is 0 Å². The highest BCUT2D eigenvalue weighted by atomic mass is 32.2. The number of hydrogen-bond acceptors (Lipinski definition) is 5. The van der Waals surface area contributed by atoms with Gasteiger partial charge in [-0.2, -0.15) is 21.6 Å². The van der Waals surface area contributed by atoms with E-state index in [1.165, 1.54) is 30.3 Å². The van der Waals surface area contributed by atoms with Crippen molar-refractivity contribution < 1.29 is 35.7 Å². The van der Waals surface area contributed by atoms with Crippen molar-refractivity contribution in [3.63, 3.8) is 0 Å². The Hall–Kier alpha value is -2.79. The summed E-state index contributed by atoms with van der Waals surface area (Å²) in [6.07, 6.45) is -5.15. The van der Waals surface area contributed by atoms with Gasteiger partial charge in [0.25, 0.3) is 10.1 Å². The number of halogens is 3. The number of carbonyl (C=O) groups is 1. The second-order valence-corrected chi connectivity index (χ2v) is 9.28. The average Bonchev–Trinajstić information content (AvgIpc) is 2.68. The first kappa shape index (κ1) is 25.5. The topological polar surface area (TPSA) is 119 Å². The molecule has 0 saturated carbocycles. The summed E-state index contributed by atoms with van der Waals surface area (Å²) in [7, 11) is -4.61. The molecular formula is C21H25F3N2O5S. The van der Waals surface area contributed by atoms with Gasteiger partial charge in [0, 0.05) is 24.2 Å². The van der Waals surface area contributed by atoms with E-state index in [9.17, 15) is 30.9 Å². The van der Waals surface area contributed by atoms with Gasteiger partial charge in [-0.25, -0.2) is 0 Å². The number of nitrogens with two attached hydrogens (primary N) is 1. The first-order chi connectivity index (χ1) is 14.8. The van der Waals surface area contributed by atoms with Gasteiger partial charge in [0.2, 0.25) is 5.91 Å². The highest BCUT2D eigenvalue weighted by molar-refractivity contribution is 7.86. The lowest BCUT2D eigenvalue weighted by Gasteiger charge is -2.17. The molecule has 7 nitrogen and oxygen atoms in total. The van der Waals surface area contributed by atoms with E-state index in [0.29, 0.717) is 11.3 Å². The number of benzene rings is 2. The molecule has 1 atom stereocenters. The van der Waals surface area contributed by atoms with Gasteiger partial charge in [0.05, 0.1) is 12.2 Å². The highest BCUT2D eigenvalue weighted by Crippen LogP contribution is 2.33. The summed E-state index contributed by atoms with van der Waals surface area (Å²) in [5, 5.41) is 0.948. The molecule has 2 rings (SSSR count). The number of carbonyl (C=O) groups excluding carboxylic acids is 1. The molecule has 0 fully saturated rings. The van der Waals surface area contributed by atoms with Crippen LogP contribution in [0.4, 0.5) is 18.9 Å². The second-order valence-electron chi connectivity index (χ2n) is 7.68. The van der Waals surface area contributed by atoms with Gasteiger partial charge >= 0.3 is 6.18 Å². The smallest absolute Gasteiger partial charge is 0.416 e. The Morgan fingerprint density at radius 3 is 2.31 bits per heavy atom. The minimum absolute atomic E-state index is 0.0290. The number of anilines is 1. The fourth-order valence-electron chi connectivity index (χ4n) is 2.81. The van der Waals surface area contributed by atoms with Gasteiger partial charge in [0.1, 0.15) is 11.0 Å². The number of ether oxygens (including phenoxy) is 1. The number of nitrogen functional groups attached to an aromatic ring is 1. The molecule has 32 heavy (non-hydrogen) atoms. The lowest BCUT2D eigenvalue weighted by molar-refractivity contribution is -0.137. The summed E-state index contributed by atoms with van der Waals surface area (Å²) in [5.74, 6) is -0.694. The van der Waals surface area contributed by atoms with Crippen LogP contribution in [0.15, 0.2) is 42.5 Å². The Bertz CT molecular complexity index is 1040. The van der Waals surface area contributed by atoms with Crippen molar-refractivity contribution in [3.8, 4) is 5.75 Å². The van der Waals surface area contributed by atoms with Gasteiger partial charge < -0.3 is 15.8 Å². The molecule has 0 aromatic heterocycles. The van der Waals surface area contributed by atoms with Crippen LogP contribution in [0.5, 0.6) is 5.75 Å². The van der Waals surface area contributed by atoms with E-state index in [4.69, 9.17) is 10.5 Å². The van der Waals surface area contributed by atoms with Crippen molar-refractivity contribution in [1.82, 2.24) is 5.32 Å². The van der Waals surface area contributed by atoms with Crippen LogP contribution >= 0.6 is 0 Å². The molecule has 2 aromatic rings. The monoisotopic (exact) mass is 474 g/mol. The molecule has 176 valence electrons. The van der Waals surface area contributed by atoms with E-state index in [1.807, 2.05) is 13.8 Å². The highest BCUT2D eigenvalue weighted by Gasteiger charge is 2.32. The molecule has 0 bridgehead atoms. The van der Waals surface area contributed by atoms with Crippen LogP contribution in [0.2, 0.25) is 0 Å². The number of nitrogens with one attached hydrogen (secondary N) is 1. The van der Waals surface area contributed by atoms with Crippen molar-refractivity contribution in [2.24, 2.45) is 5.92 Å². The first-order valence-electron chi connectivity index (χ1n) is 9.68. The molecule has 0 heterocycles. The van der Waals surface area contributed by atoms with Crippen LogP contribution < -0.4 is 15.8 Å². The number of alkyl halides is 3. The quantitative estimate of drug-likeness (QED) is 0.374. The molecule has 4 N–H and O–H groups in total. The Kier molecular flexibility index (Phi) is 8.13. The van der Waals surface area contributed by atoms with Crippen molar-refractivity contribution in [2.75, 3.05) is 12.3 Å². The van der Waals surface area contributed by atoms with Gasteiger partial charge in [-0.05, 0) is 35.7 Å². The number of amides is 1. The third kappa shape index (κ3) is 7.41. The van der Waals surface area contributed by atoms with Crippen LogP contribution in [0.25, 0.3) is 0 Å². The molecule has 1 unspecified atom stereocenters. The molecule has 1 amide bonds. The summed E-state index contributed by atoms with van der Waals surface area (Å²) in [6.45, 7) is 3.65. The van der Waals surface area contributed by atoms with Crippen molar-refractivity contribution >= 4 is 21.7 Å². The fraction of sp³-hybridized carbons (Fsp3) is 0.381. The van der Waals surface area contributed by atoms with E-state index < -0.39 is 39.4 Å². The molecule has 0 spiro atoms. The first-order valence-corrected chi connectivity index (χ1v) is 11.2. The van der Waals surface area contributed by atoms with E-state index >= 15 is 0 Å². The van der Waals surface area contributed by atoms with E-state index in [1.54, 1.807) is 0 Å². The van der Waals surface area contributed by atoms with Crippen LogP contribution in [0, 0.1) is 5.92 Å². The SMILES string of the molecule is CC(C)COc1cc(C(F)(F)F)ccc1CNC(=O)CC(c1ccc(N)cc1)S(=O)(=O)O. The second kappa shape index (κ2) is 10.2. The average molecular weight is 475 g/mol. The lowest BCUT2D eigenvalue weighted by atomic mass is 10.1. The van der Waals surface area contributed by atoms with Gasteiger partial charge in [-0.3, -0.25) is 9.35 Å². The summed E-state index contributed by atoms with van der Waals surface area (Å²) in [5.41, 5.74) is 5.53. The maximum absolute atomic E-state index is 13.0. The minimum atomic E-state index is -4.61. The van der Waals surface area contributed by atoms with Crippen molar-refractivity contribution in [1.29, 1.82) is 0 Å². The van der Waals surface area contributed by atoms with E-state index in [0.717, 1.165) is 12.1 Å². The van der Waals surface area contributed by atoms with E-state index in [-0.39, 0.29) is 30.4 Å². The molecule has 11 heteroatoms. The largest absolute Gasteiger partial charge is 0.493 e. The fourth-order valence-corrected chi connectivity index (χ4v) is 3.67. The molecule has 2 aromatic carbocycles. The molecule has 0 aliphatic heterocycles. The molecule has 0 radical (unpaired) electrons. The number of rotatable bonds is 9. The van der Waals surface area contributed by atoms with Crippen LogP contribution in [0.1, 0.15) is 42.2 Å². The Balaban J connectivity index is 2.17.